The van der Waals surface area contributed by atoms with Crippen molar-refractivity contribution in [2.45, 2.75) is 62.3 Å². The Hall–Kier alpha value is -17.7. The smallest absolute Gasteiger partial charge is 0.135 e. The first-order chi connectivity index (χ1) is 73.5. The first-order valence-electron chi connectivity index (χ1n) is 50.9. The van der Waals surface area contributed by atoms with Gasteiger partial charge in [-0.2, -0.15) is 0 Å². The van der Waals surface area contributed by atoms with Crippen LogP contribution in [-0.4, -0.2) is 4.57 Å². The number of aryl methyl sites for hydroxylation is 9. The van der Waals surface area contributed by atoms with Crippen LogP contribution in [-0.2, 0) is 0 Å². The standard InChI is InChI=1S/C25H19N.2C19H14O.3C13H10O.3C13H10S/c1-18-12-14-22-23-17-20(19-8-4-2-5-9-19)13-15-24(23)26(25(22)16-18)21-10-6-3-7-11-21;1-13-7-9-18-16(11-13)17-12-15(8-10-19(17)20-18)14-5-3-2-4-6-14;1-13-7-9-16-17-12-15(14-5-3-2-4-6-14)8-10-18(17)20-19(16)11-13;1-9-5-4-8-12-13(9)10-6-2-3-7-11(10)14-12;1-9-6-7-13-11(8-9)10-4-2-3-5-12(10)14-13;1-9-6-7-11-10-4-2-3-5-12(10)14-13(11)8-9;1-9-5-4-8-12-13(9)10-6-2-3-7-11(10)14-12;1-9-6-7-13-11(8-9)10-4-2-3-5-12(10)14-13;1-9-6-7-11-10-4-2-3-5-12(10)14-13(11)8-9/h2-17H,1H3;2*2-12H,1H3;6*2-8H,1H3. The van der Waals surface area contributed by atoms with E-state index in [1.54, 1.807) is 0 Å². The Kier molecular flexibility index (Phi) is 27.1. The van der Waals surface area contributed by atoms with Crippen molar-refractivity contribution in [3.63, 3.8) is 0 Å². The van der Waals surface area contributed by atoms with Crippen molar-refractivity contribution < 1.29 is 22.1 Å². The van der Waals surface area contributed by atoms with Crippen LogP contribution in [0.3, 0.4) is 0 Å². The summed E-state index contributed by atoms with van der Waals surface area (Å²) in [6.07, 6.45) is 0. The van der Waals surface area contributed by atoms with Crippen molar-refractivity contribution >= 4 is 226 Å². The van der Waals surface area contributed by atoms with Gasteiger partial charge in [-0.15, -0.1) is 34.0 Å². The maximum atomic E-state index is 5.92. The Bertz CT molecular complexity index is 10000. The van der Waals surface area contributed by atoms with E-state index in [0.29, 0.717) is 0 Å². The number of thiophene rings is 3. The summed E-state index contributed by atoms with van der Waals surface area (Å²) in [7, 11) is 0. The highest BCUT2D eigenvalue weighted by Crippen LogP contribution is 2.43. The summed E-state index contributed by atoms with van der Waals surface area (Å²) in [5, 5.41) is 23.0. The molecule has 6 nitrogen and oxygen atoms in total. The van der Waals surface area contributed by atoms with Gasteiger partial charge in [-0.25, -0.2) is 0 Å². The van der Waals surface area contributed by atoms with Gasteiger partial charge in [0.15, 0.2) is 0 Å². The number of hydrogen-bond acceptors (Lipinski definition) is 8. The lowest BCUT2D eigenvalue weighted by atomic mass is 10.0. The van der Waals surface area contributed by atoms with Crippen molar-refractivity contribution in [3.05, 3.63) is 535 Å². The topological polar surface area (TPSA) is 70.6 Å². The molecule has 0 fully saturated rings. The van der Waals surface area contributed by atoms with Crippen molar-refractivity contribution in [2.75, 3.05) is 0 Å². The molecule has 0 spiro atoms. The number of furan rings is 5. The van der Waals surface area contributed by atoms with Gasteiger partial charge in [0.2, 0.25) is 0 Å². The molecule has 0 saturated carbocycles. The van der Waals surface area contributed by atoms with Crippen LogP contribution in [0.2, 0.25) is 0 Å². The molecular formula is C141H107NO5S3. The molecule has 0 aliphatic heterocycles. The average molecular weight is 1990 g/mol. The largest absolute Gasteiger partial charge is 0.456 e. The van der Waals surface area contributed by atoms with Gasteiger partial charge < -0.3 is 26.7 Å². The zero-order chi connectivity index (χ0) is 102. The van der Waals surface area contributed by atoms with E-state index in [-0.39, 0.29) is 0 Å². The maximum absolute atomic E-state index is 5.92. The fourth-order valence-corrected chi connectivity index (χ4v) is 23.9. The zero-order valence-corrected chi connectivity index (χ0v) is 87.4. The van der Waals surface area contributed by atoms with Crippen LogP contribution in [0.25, 0.3) is 231 Å². The van der Waals surface area contributed by atoms with Crippen LogP contribution in [0.15, 0.2) is 507 Å². The minimum Gasteiger partial charge on any atom is -0.456 e. The molecule has 31 aromatic rings. The van der Waals surface area contributed by atoms with Crippen LogP contribution in [0.5, 0.6) is 0 Å². The van der Waals surface area contributed by atoms with E-state index in [4.69, 9.17) is 22.1 Å². The molecule has 9 heterocycles. The highest BCUT2D eigenvalue weighted by Gasteiger charge is 2.18. The lowest BCUT2D eigenvalue weighted by molar-refractivity contribution is 0.668. The lowest BCUT2D eigenvalue weighted by Crippen LogP contribution is -1.93. The molecule has 0 atom stereocenters. The Balaban J connectivity index is 0.0000000933. The van der Waals surface area contributed by atoms with Crippen LogP contribution < -0.4 is 0 Å². The Morgan fingerprint density at radius 3 is 1.01 bits per heavy atom. The van der Waals surface area contributed by atoms with Gasteiger partial charge in [0.1, 0.15) is 55.8 Å². The summed E-state index contributed by atoms with van der Waals surface area (Å²) in [6, 6.07) is 170. The van der Waals surface area contributed by atoms with Crippen LogP contribution in [0, 0.1) is 62.3 Å². The number of rotatable bonds is 4. The highest BCUT2D eigenvalue weighted by molar-refractivity contribution is 7.26. The molecule has 0 radical (unpaired) electrons. The summed E-state index contributed by atoms with van der Waals surface area (Å²) in [5.74, 6) is 0. The predicted octanol–water partition coefficient (Wildman–Crippen LogP) is 42.7. The van der Waals surface area contributed by atoms with Gasteiger partial charge in [0.25, 0.3) is 0 Å². The number of aromatic nitrogens is 1. The molecule has 0 unspecified atom stereocenters. The van der Waals surface area contributed by atoms with Crippen LogP contribution in [0.4, 0.5) is 0 Å². The number of nitrogens with zero attached hydrogens (tertiary/aromatic N) is 1. The minimum atomic E-state index is 0.949. The van der Waals surface area contributed by atoms with Crippen molar-refractivity contribution in [2.24, 2.45) is 0 Å². The molecule has 31 rings (SSSR count). The van der Waals surface area contributed by atoms with E-state index >= 15 is 0 Å². The highest BCUT2D eigenvalue weighted by atomic mass is 32.1. The fraction of sp³-hybridized carbons (Fsp3) is 0.0638. The number of hydrogen-bond donors (Lipinski definition) is 0. The van der Waals surface area contributed by atoms with Crippen LogP contribution in [0.1, 0.15) is 50.1 Å². The van der Waals surface area contributed by atoms with Gasteiger partial charge in [0.05, 0.1) is 11.0 Å². The molecule has 0 saturated heterocycles. The van der Waals surface area contributed by atoms with E-state index in [0.717, 1.165) is 55.8 Å². The summed E-state index contributed by atoms with van der Waals surface area (Å²) in [6.45, 7) is 19.1. The second-order valence-electron chi connectivity index (χ2n) is 38.6. The van der Waals surface area contributed by atoms with Gasteiger partial charge >= 0.3 is 0 Å². The van der Waals surface area contributed by atoms with E-state index in [2.05, 4.69) is 461 Å². The van der Waals surface area contributed by atoms with Gasteiger partial charge in [-0.3, -0.25) is 0 Å². The molecule has 9 aromatic heterocycles. The van der Waals surface area contributed by atoms with Gasteiger partial charge in [0, 0.05) is 131 Å². The SMILES string of the molecule is Cc1ccc2c(c1)oc1ccc(-c3ccccc3)cc12.Cc1ccc2c(c1)oc1ccccc12.Cc1ccc2c(c1)sc1ccccc12.Cc1ccc2c3cc(-c4ccccc4)ccc3n(-c3ccccc3)c2c1.Cc1ccc2oc3ccc(-c4ccccc4)cc3c2c1.Cc1ccc2oc3ccccc3c2c1.Cc1ccc2sc3ccccc3c2c1.Cc1cccc2oc3ccccc3c12.Cc1cccc2sc3ccccc3c12. The monoisotopic (exact) mass is 1990 g/mol. The quantitative estimate of drug-likeness (QED) is 0.176. The van der Waals surface area contributed by atoms with Crippen molar-refractivity contribution in [1.82, 2.24) is 4.57 Å². The summed E-state index contributed by atoms with van der Waals surface area (Å²) in [4.78, 5) is 0. The number of fused-ring (bicyclic) bond motifs is 27. The fourth-order valence-electron chi connectivity index (χ4n) is 20.4. The Labute approximate surface area is 882 Å². The van der Waals surface area contributed by atoms with E-state index < -0.39 is 0 Å². The van der Waals surface area contributed by atoms with Crippen LogP contribution >= 0.6 is 34.0 Å². The second kappa shape index (κ2) is 42.4. The number of para-hydroxylation sites is 4. The van der Waals surface area contributed by atoms with E-state index in [9.17, 15) is 0 Å². The molecule has 724 valence electrons. The minimum absolute atomic E-state index is 0.949. The summed E-state index contributed by atoms with van der Waals surface area (Å²) >= 11 is 5.62. The third-order valence-electron chi connectivity index (χ3n) is 27.9. The Morgan fingerprint density at radius 1 is 0.147 bits per heavy atom. The first kappa shape index (κ1) is 95.8. The van der Waals surface area contributed by atoms with Crippen molar-refractivity contribution in [3.8, 4) is 39.1 Å². The first-order valence-corrected chi connectivity index (χ1v) is 53.4. The summed E-state index contributed by atoms with van der Waals surface area (Å²) in [5.41, 5.74) is 32.3. The molecule has 0 bridgehead atoms. The molecule has 22 aromatic carbocycles. The zero-order valence-electron chi connectivity index (χ0n) is 84.9. The summed E-state index contributed by atoms with van der Waals surface area (Å²) < 4.78 is 39.7. The third kappa shape index (κ3) is 20.0. The van der Waals surface area contributed by atoms with Gasteiger partial charge in [-0.05, 0) is 287 Å². The normalized spacial score (nSPS) is 11.2. The lowest BCUT2D eigenvalue weighted by Gasteiger charge is -2.08. The third-order valence-corrected chi connectivity index (χ3v) is 31.3. The molecule has 0 aliphatic carbocycles. The van der Waals surface area contributed by atoms with Gasteiger partial charge in [-0.1, -0.05) is 344 Å². The molecule has 9 heteroatoms. The van der Waals surface area contributed by atoms with E-state index in [1.165, 1.54) is 225 Å². The Morgan fingerprint density at radius 2 is 0.453 bits per heavy atom. The van der Waals surface area contributed by atoms with E-state index in [1.807, 2.05) is 125 Å². The predicted molar refractivity (Wildman–Crippen MR) is 646 cm³/mol. The molecule has 0 N–H and O–H groups in total. The molecule has 150 heavy (non-hydrogen) atoms. The molecular weight excluding hydrogens is 1880 g/mol. The second-order valence-corrected chi connectivity index (χ2v) is 41.9. The average Bonchev–Trinajstić information content (AvgIpc) is 1.58. The van der Waals surface area contributed by atoms with Crippen molar-refractivity contribution in [1.29, 1.82) is 0 Å². The maximum Gasteiger partial charge on any atom is 0.135 e. The molecule has 0 aliphatic rings. The number of benzene rings is 22. The molecule has 0 amide bonds.